The molecule has 116 valence electrons. The van der Waals surface area contributed by atoms with Gasteiger partial charge in [0.25, 0.3) is 0 Å². The maximum absolute atomic E-state index is 4.74. The predicted molar refractivity (Wildman–Crippen MR) is 86.1 cm³/mol. The number of pyridine rings is 1. The summed E-state index contributed by atoms with van der Waals surface area (Å²) >= 11 is 0. The molecule has 2 heterocycles. The van der Waals surface area contributed by atoms with E-state index in [1.54, 1.807) is 0 Å². The second-order valence-corrected chi connectivity index (χ2v) is 6.40. The van der Waals surface area contributed by atoms with Crippen LogP contribution in [0.3, 0.4) is 0 Å². The molecule has 1 saturated carbocycles. The number of nitrogens with one attached hydrogen (secondary N) is 1. The minimum absolute atomic E-state index is 0.850. The highest BCUT2D eigenvalue weighted by Gasteiger charge is 2.26. The Hall–Kier alpha value is -0.970. The second kappa shape index (κ2) is 7.34. The topological polar surface area (TPSA) is 31.4 Å². The van der Waals surface area contributed by atoms with Gasteiger partial charge < -0.3 is 5.32 Å². The fourth-order valence-electron chi connectivity index (χ4n) is 3.68. The number of aromatic nitrogens is 1. The minimum Gasteiger partial charge on any atom is -0.314 e. The van der Waals surface area contributed by atoms with Crippen LogP contribution in [0.25, 0.3) is 0 Å². The lowest BCUT2D eigenvalue weighted by Gasteiger charge is -2.37. The summed E-state index contributed by atoms with van der Waals surface area (Å²) in [6.45, 7) is 6.70. The van der Waals surface area contributed by atoms with Crippen LogP contribution in [0.2, 0.25) is 0 Å². The van der Waals surface area contributed by atoms with Crippen molar-refractivity contribution in [2.24, 2.45) is 0 Å². The van der Waals surface area contributed by atoms with Gasteiger partial charge in [-0.15, -0.1) is 0 Å². The van der Waals surface area contributed by atoms with Crippen LogP contribution in [0, 0.1) is 0 Å². The molecule has 0 amide bonds. The number of piperazine rings is 1. The summed E-state index contributed by atoms with van der Waals surface area (Å²) in [6.07, 6.45) is 5.72. The summed E-state index contributed by atoms with van der Waals surface area (Å²) in [5, 5.41) is 3.17. The normalized spacial score (nSPS) is 22.0. The monoisotopic (exact) mass is 288 g/mol. The highest BCUT2D eigenvalue weighted by molar-refractivity contribution is 5.11. The lowest BCUT2D eigenvalue weighted by molar-refractivity contribution is 0.0929. The average Bonchev–Trinajstić information content (AvgIpc) is 3.03. The zero-order chi connectivity index (χ0) is 14.5. The molecule has 1 aromatic rings. The van der Waals surface area contributed by atoms with E-state index in [1.807, 2.05) is 7.05 Å². The zero-order valence-corrected chi connectivity index (χ0v) is 13.2. The summed E-state index contributed by atoms with van der Waals surface area (Å²) < 4.78 is 0. The first-order valence-electron chi connectivity index (χ1n) is 8.41. The van der Waals surface area contributed by atoms with Crippen molar-refractivity contribution in [3.05, 3.63) is 29.6 Å². The summed E-state index contributed by atoms with van der Waals surface area (Å²) in [4.78, 5) is 10.0. The van der Waals surface area contributed by atoms with E-state index in [9.17, 15) is 0 Å². The van der Waals surface area contributed by atoms with Crippen LogP contribution in [0.4, 0.5) is 0 Å². The fraction of sp³-hybridized carbons (Fsp3) is 0.706. The lowest BCUT2D eigenvalue weighted by atomic mass is 10.1. The molecule has 0 radical (unpaired) electrons. The van der Waals surface area contributed by atoms with Gasteiger partial charge in [0.05, 0.1) is 11.4 Å². The van der Waals surface area contributed by atoms with E-state index in [2.05, 4.69) is 33.3 Å². The van der Waals surface area contributed by atoms with Crippen molar-refractivity contribution in [1.82, 2.24) is 20.1 Å². The zero-order valence-electron chi connectivity index (χ0n) is 13.2. The first-order chi connectivity index (χ1) is 10.3. The van der Waals surface area contributed by atoms with Crippen molar-refractivity contribution in [3.63, 3.8) is 0 Å². The van der Waals surface area contributed by atoms with Gasteiger partial charge in [-0.1, -0.05) is 18.9 Å². The molecule has 1 aliphatic heterocycles. The standard InChI is InChI=1S/C17H28N4/c1-18-13-15-5-4-6-16(19-15)14-20-9-11-21(12-10-20)17-7-2-3-8-17/h4-6,17-18H,2-3,7-14H2,1H3. The Morgan fingerprint density at radius 2 is 1.81 bits per heavy atom. The van der Waals surface area contributed by atoms with Crippen LogP contribution in [0.5, 0.6) is 0 Å². The maximum Gasteiger partial charge on any atom is 0.0547 e. The van der Waals surface area contributed by atoms with Crippen LogP contribution < -0.4 is 5.32 Å². The smallest absolute Gasteiger partial charge is 0.0547 e. The van der Waals surface area contributed by atoms with Gasteiger partial charge in [0.15, 0.2) is 0 Å². The van der Waals surface area contributed by atoms with Gasteiger partial charge in [-0.2, -0.15) is 0 Å². The number of hydrogen-bond acceptors (Lipinski definition) is 4. The van der Waals surface area contributed by atoms with Gasteiger partial charge in [-0.3, -0.25) is 14.8 Å². The second-order valence-electron chi connectivity index (χ2n) is 6.40. The lowest BCUT2D eigenvalue weighted by Crippen LogP contribution is -2.49. The summed E-state index contributed by atoms with van der Waals surface area (Å²) in [6, 6.07) is 7.26. The van der Waals surface area contributed by atoms with Gasteiger partial charge in [0, 0.05) is 45.3 Å². The predicted octanol–water partition coefficient (Wildman–Crippen LogP) is 1.86. The summed E-state index contributed by atoms with van der Waals surface area (Å²) in [5.74, 6) is 0. The molecule has 0 unspecified atom stereocenters. The molecule has 4 nitrogen and oxygen atoms in total. The number of hydrogen-bond donors (Lipinski definition) is 1. The van der Waals surface area contributed by atoms with Gasteiger partial charge in [0.1, 0.15) is 0 Å². The number of nitrogens with zero attached hydrogens (tertiary/aromatic N) is 3. The minimum atomic E-state index is 0.850. The molecule has 0 aromatic carbocycles. The van der Waals surface area contributed by atoms with E-state index in [1.165, 1.54) is 57.6 Å². The average molecular weight is 288 g/mol. The molecule has 1 aromatic heterocycles. The first-order valence-corrected chi connectivity index (χ1v) is 8.41. The largest absolute Gasteiger partial charge is 0.314 e. The molecule has 3 rings (SSSR count). The quantitative estimate of drug-likeness (QED) is 0.896. The Morgan fingerprint density at radius 3 is 2.52 bits per heavy atom. The van der Waals surface area contributed by atoms with E-state index in [0.717, 1.165) is 24.8 Å². The third-order valence-electron chi connectivity index (χ3n) is 4.86. The molecule has 1 saturated heterocycles. The van der Waals surface area contributed by atoms with Crippen molar-refractivity contribution in [2.45, 2.75) is 44.8 Å². The highest BCUT2D eigenvalue weighted by Crippen LogP contribution is 2.24. The molecule has 1 N–H and O–H groups in total. The molecule has 0 bridgehead atoms. The first kappa shape index (κ1) is 14.9. The molecule has 2 aliphatic rings. The third-order valence-corrected chi connectivity index (χ3v) is 4.86. The Kier molecular flexibility index (Phi) is 5.22. The Labute approximate surface area is 128 Å². The van der Waals surface area contributed by atoms with Gasteiger partial charge in [0.2, 0.25) is 0 Å². The summed E-state index contributed by atoms with van der Waals surface area (Å²) in [7, 11) is 1.97. The van der Waals surface area contributed by atoms with Gasteiger partial charge in [-0.25, -0.2) is 0 Å². The molecular formula is C17H28N4. The van der Waals surface area contributed by atoms with Crippen molar-refractivity contribution in [1.29, 1.82) is 0 Å². The molecular weight excluding hydrogens is 260 g/mol. The van der Waals surface area contributed by atoms with Crippen LogP contribution in [-0.2, 0) is 13.1 Å². The van der Waals surface area contributed by atoms with Crippen LogP contribution in [0.15, 0.2) is 18.2 Å². The van der Waals surface area contributed by atoms with E-state index >= 15 is 0 Å². The fourth-order valence-corrected chi connectivity index (χ4v) is 3.68. The summed E-state index contributed by atoms with van der Waals surface area (Å²) in [5.41, 5.74) is 2.34. The van der Waals surface area contributed by atoms with Crippen molar-refractivity contribution in [3.8, 4) is 0 Å². The molecule has 2 fully saturated rings. The van der Waals surface area contributed by atoms with Crippen LogP contribution in [-0.4, -0.2) is 54.1 Å². The highest BCUT2D eigenvalue weighted by atomic mass is 15.3. The number of rotatable bonds is 5. The van der Waals surface area contributed by atoms with E-state index in [4.69, 9.17) is 4.98 Å². The molecule has 1 aliphatic carbocycles. The maximum atomic E-state index is 4.74. The van der Waals surface area contributed by atoms with Crippen molar-refractivity contribution in [2.75, 3.05) is 33.2 Å². The van der Waals surface area contributed by atoms with E-state index in [0.29, 0.717) is 0 Å². The Balaban J connectivity index is 1.49. The van der Waals surface area contributed by atoms with E-state index in [-0.39, 0.29) is 0 Å². The van der Waals surface area contributed by atoms with Gasteiger partial charge in [-0.05, 0) is 32.0 Å². The Morgan fingerprint density at radius 1 is 1.10 bits per heavy atom. The van der Waals surface area contributed by atoms with Gasteiger partial charge >= 0.3 is 0 Å². The molecule has 4 heteroatoms. The Bertz CT molecular complexity index is 434. The SMILES string of the molecule is CNCc1cccc(CN2CCN(C3CCCC3)CC2)n1. The van der Waals surface area contributed by atoms with Crippen molar-refractivity contribution >= 4 is 0 Å². The van der Waals surface area contributed by atoms with Crippen molar-refractivity contribution < 1.29 is 0 Å². The van der Waals surface area contributed by atoms with Crippen LogP contribution >= 0.6 is 0 Å². The molecule has 0 spiro atoms. The van der Waals surface area contributed by atoms with E-state index < -0.39 is 0 Å². The molecule has 0 atom stereocenters. The van der Waals surface area contributed by atoms with Crippen LogP contribution in [0.1, 0.15) is 37.1 Å². The third kappa shape index (κ3) is 4.02. The molecule has 21 heavy (non-hydrogen) atoms.